The first-order valence-corrected chi connectivity index (χ1v) is 7.02. The summed E-state index contributed by atoms with van der Waals surface area (Å²) in [6, 6.07) is 12.3. The van der Waals surface area contributed by atoms with E-state index in [1.165, 1.54) is 11.1 Å². The van der Waals surface area contributed by atoms with E-state index < -0.39 is 0 Å². The maximum absolute atomic E-state index is 6.10. The smallest absolute Gasteiger partial charge is 0.122 e. The van der Waals surface area contributed by atoms with Crippen LogP contribution in [-0.2, 0) is 0 Å². The highest BCUT2D eigenvalue weighted by Gasteiger charge is 2.16. The number of halogens is 1. The van der Waals surface area contributed by atoms with E-state index in [2.05, 4.69) is 37.4 Å². The highest BCUT2D eigenvalue weighted by Crippen LogP contribution is 2.30. The summed E-state index contributed by atoms with van der Waals surface area (Å²) in [6.45, 7) is 4.17. The highest BCUT2D eigenvalue weighted by atomic mass is 35.5. The van der Waals surface area contributed by atoms with E-state index in [4.69, 9.17) is 16.3 Å². The second-order valence-electron chi connectivity index (χ2n) is 4.96. The lowest BCUT2D eigenvalue weighted by Crippen LogP contribution is -2.19. The van der Waals surface area contributed by atoms with Crippen molar-refractivity contribution in [1.82, 2.24) is 5.32 Å². The Morgan fingerprint density at radius 2 is 1.85 bits per heavy atom. The third-order valence-electron chi connectivity index (χ3n) is 3.57. The quantitative estimate of drug-likeness (QED) is 0.907. The van der Waals surface area contributed by atoms with Gasteiger partial charge in [0.15, 0.2) is 0 Å². The maximum atomic E-state index is 6.10. The summed E-state index contributed by atoms with van der Waals surface area (Å²) < 4.78 is 5.38. The van der Waals surface area contributed by atoms with Crippen molar-refractivity contribution < 1.29 is 4.74 Å². The van der Waals surface area contributed by atoms with Crippen LogP contribution in [0.15, 0.2) is 36.4 Å². The van der Waals surface area contributed by atoms with E-state index in [-0.39, 0.29) is 6.04 Å². The molecule has 2 rings (SSSR count). The first-order chi connectivity index (χ1) is 9.56. The molecule has 1 N–H and O–H groups in total. The van der Waals surface area contributed by atoms with Crippen molar-refractivity contribution in [3.63, 3.8) is 0 Å². The molecule has 0 aliphatic carbocycles. The fourth-order valence-corrected chi connectivity index (χ4v) is 2.73. The zero-order valence-electron chi connectivity index (χ0n) is 12.3. The SMILES string of the molecule is CNC(c1cccc(Cl)c1)c1cc(C)c(OC)cc1C. The number of rotatable bonds is 4. The van der Waals surface area contributed by atoms with Crippen LogP contribution in [0.2, 0.25) is 5.02 Å². The minimum Gasteiger partial charge on any atom is -0.496 e. The average molecular weight is 290 g/mol. The summed E-state index contributed by atoms with van der Waals surface area (Å²) >= 11 is 6.10. The van der Waals surface area contributed by atoms with Crippen LogP contribution >= 0.6 is 11.6 Å². The minimum atomic E-state index is 0.123. The number of aryl methyl sites for hydroxylation is 2. The summed E-state index contributed by atoms with van der Waals surface area (Å²) in [5.41, 5.74) is 4.74. The first kappa shape index (κ1) is 14.9. The normalized spacial score (nSPS) is 12.2. The Morgan fingerprint density at radius 1 is 1.10 bits per heavy atom. The third kappa shape index (κ3) is 2.97. The topological polar surface area (TPSA) is 21.3 Å². The van der Waals surface area contributed by atoms with Gasteiger partial charge in [-0.25, -0.2) is 0 Å². The van der Waals surface area contributed by atoms with E-state index in [1.54, 1.807) is 7.11 Å². The lowest BCUT2D eigenvalue weighted by molar-refractivity contribution is 0.411. The summed E-state index contributed by atoms with van der Waals surface area (Å²) in [5, 5.41) is 4.12. The molecule has 0 radical (unpaired) electrons. The van der Waals surface area contributed by atoms with Gasteiger partial charge in [-0.3, -0.25) is 0 Å². The molecule has 1 unspecified atom stereocenters. The summed E-state index contributed by atoms with van der Waals surface area (Å²) in [6.07, 6.45) is 0. The Labute approximate surface area is 125 Å². The van der Waals surface area contributed by atoms with Gasteiger partial charge >= 0.3 is 0 Å². The Morgan fingerprint density at radius 3 is 2.45 bits per heavy atom. The standard InChI is InChI=1S/C17H20ClNO/c1-11-9-16(20-4)12(2)8-15(11)17(19-3)13-6-5-7-14(18)10-13/h5-10,17,19H,1-4H3. The number of ether oxygens (including phenoxy) is 1. The number of benzene rings is 2. The molecule has 0 saturated carbocycles. The molecular weight excluding hydrogens is 270 g/mol. The molecule has 2 aromatic rings. The molecule has 0 amide bonds. The van der Waals surface area contributed by atoms with Gasteiger partial charge in [-0.1, -0.05) is 29.8 Å². The molecule has 2 aromatic carbocycles. The van der Waals surface area contributed by atoms with E-state index in [1.807, 2.05) is 25.2 Å². The second-order valence-corrected chi connectivity index (χ2v) is 5.39. The van der Waals surface area contributed by atoms with Crippen LogP contribution in [0, 0.1) is 13.8 Å². The van der Waals surface area contributed by atoms with Crippen LogP contribution in [0.4, 0.5) is 0 Å². The van der Waals surface area contributed by atoms with Crippen molar-refractivity contribution in [2.24, 2.45) is 0 Å². The Kier molecular flexibility index (Phi) is 4.69. The van der Waals surface area contributed by atoms with E-state index >= 15 is 0 Å². The molecule has 0 aliphatic heterocycles. The number of hydrogen-bond donors (Lipinski definition) is 1. The molecule has 2 nitrogen and oxygen atoms in total. The molecule has 20 heavy (non-hydrogen) atoms. The molecular formula is C17H20ClNO. The van der Waals surface area contributed by atoms with E-state index in [0.717, 1.165) is 21.9 Å². The van der Waals surface area contributed by atoms with Gasteiger partial charge in [0.25, 0.3) is 0 Å². The van der Waals surface area contributed by atoms with Crippen LogP contribution in [0.5, 0.6) is 5.75 Å². The average Bonchev–Trinajstić information content (AvgIpc) is 2.43. The lowest BCUT2D eigenvalue weighted by atomic mass is 9.93. The van der Waals surface area contributed by atoms with Gasteiger partial charge in [0, 0.05) is 5.02 Å². The zero-order valence-corrected chi connectivity index (χ0v) is 13.1. The largest absolute Gasteiger partial charge is 0.496 e. The van der Waals surface area contributed by atoms with Crippen molar-refractivity contribution in [2.75, 3.05) is 14.2 Å². The number of methoxy groups -OCH3 is 1. The van der Waals surface area contributed by atoms with Crippen molar-refractivity contribution in [3.05, 3.63) is 63.7 Å². The van der Waals surface area contributed by atoms with E-state index in [9.17, 15) is 0 Å². The van der Waals surface area contributed by atoms with Crippen LogP contribution in [0.25, 0.3) is 0 Å². The molecule has 1 atom stereocenters. The molecule has 106 valence electrons. The van der Waals surface area contributed by atoms with Gasteiger partial charge in [-0.05, 0) is 61.3 Å². The van der Waals surface area contributed by atoms with Crippen molar-refractivity contribution in [3.8, 4) is 5.75 Å². The van der Waals surface area contributed by atoms with Gasteiger partial charge in [-0.15, -0.1) is 0 Å². The zero-order chi connectivity index (χ0) is 14.7. The maximum Gasteiger partial charge on any atom is 0.122 e. The van der Waals surface area contributed by atoms with Gasteiger partial charge in [0.1, 0.15) is 5.75 Å². The fraction of sp³-hybridized carbons (Fsp3) is 0.294. The van der Waals surface area contributed by atoms with Crippen LogP contribution in [0.1, 0.15) is 28.3 Å². The van der Waals surface area contributed by atoms with E-state index in [0.29, 0.717) is 0 Å². The Bertz CT molecular complexity index is 610. The van der Waals surface area contributed by atoms with Crippen LogP contribution in [0.3, 0.4) is 0 Å². The van der Waals surface area contributed by atoms with Crippen molar-refractivity contribution >= 4 is 11.6 Å². The Balaban J connectivity index is 2.49. The molecule has 0 aromatic heterocycles. The predicted octanol–water partition coefficient (Wildman–Crippen LogP) is 4.27. The molecule has 0 saturated heterocycles. The van der Waals surface area contributed by atoms with Crippen molar-refractivity contribution in [1.29, 1.82) is 0 Å². The summed E-state index contributed by atoms with van der Waals surface area (Å²) in [4.78, 5) is 0. The van der Waals surface area contributed by atoms with Crippen molar-refractivity contribution in [2.45, 2.75) is 19.9 Å². The van der Waals surface area contributed by atoms with Crippen LogP contribution in [-0.4, -0.2) is 14.2 Å². The molecule has 0 aliphatic rings. The molecule has 0 heterocycles. The van der Waals surface area contributed by atoms with Gasteiger partial charge in [0.2, 0.25) is 0 Å². The summed E-state index contributed by atoms with van der Waals surface area (Å²) in [7, 11) is 3.67. The Hall–Kier alpha value is -1.51. The first-order valence-electron chi connectivity index (χ1n) is 6.64. The number of nitrogens with one attached hydrogen (secondary N) is 1. The van der Waals surface area contributed by atoms with Gasteiger partial charge < -0.3 is 10.1 Å². The van der Waals surface area contributed by atoms with Gasteiger partial charge in [-0.2, -0.15) is 0 Å². The third-order valence-corrected chi connectivity index (χ3v) is 3.80. The lowest BCUT2D eigenvalue weighted by Gasteiger charge is -2.21. The van der Waals surface area contributed by atoms with Crippen LogP contribution < -0.4 is 10.1 Å². The second kappa shape index (κ2) is 6.29. The monoisotopic (exact) mass is 289 g/mol. The molecule has 0 fully saturated rings. The minimum absolute atomic E-state index is 0.123. The summed E-state index contributed by atoms with van der Waals surface area (Å²) in [5.74, 6) is 0.923. The molecule has 0 spiro atoms. The predicted molar refractivity (Wildman–Crippen MR) is 84.8 cm³/mol. The molecule has 0 bridgehead atoms. The van der Waals surface area contributed by atoms with Gasteiger partial charge in [0.05, 0.1) is 13.2 Å². The number of hydrogen-bond acceptors (Lipinski definition) is 2. The fourth-order valence-electron chi connectivity index (χ4n) is 2.53. The molecule has 3 heteroatoms. The highest BCUT2D eigenvalue weighted by molar-refractivity contribution is 6.30.